The van der Waals surface area contributed by atoms with Gasteiger partial charge in [0.25, 0.3) is 5.69 Å². The van der Waals surface area contributed by atoms with Gasteiger partial charge < -0.3 is 22.5 Å². The van der Waals surface area contributed by atoms with Crippen molar-refractivity contribution in [1.82, 2.24) is 15.6 Å². The van der Waals surface area contributed by atoms with Crippen molar-refractivity contribution < 1.29 is 55.4 Å². The molecule has 0 saturated heterocycles. The predicted molar refractivity (Wildman–Crippen MR) is 126 cm³/mol. The molecule has 2 rings (SSSR count). The second-order valence-corrected chi connectivity index (χ2v) is 7.80. The van der Waals surface area contributed by atoms with E-state index < -0.39 is 29.3 Å². The van der Waals surface area contributed by atoms with Gasteiger partial charge in [0.1, 0.15) is 5.82 Å². The van der Waals surface area contributed by atoms with Gasteiger partial charge >= 0.3 is 35.5 Å². The third-order valence-electron chi connectivity index (χ3n) is 4.95. The normalized spacial score (nSPS) is 11.0. The molecule has 0 radical (unpaired) electrons. The first-order valence-electron chi connectivity index (χ1n) is 10.9. The Morgan fingerprint density at radius 3 is 2.60 bits per heavy atom. The standard InChI is InChI=1S/C23H29N5O6.Na.H/c1-16-9-11-25-20(12-16)24-10-4-2-3-8-21(29)26-15-22(30)27-19(14-23(31)32)17-6-5-7-18(13-17)28(33)34;;/h5-7,9,11-13,19H,2-4,8,10,14-15H2,1H3,(H,24,25)(H,26,29)(H,27,30)(H,31,32);;/q;+1;-1. The monoisotopic (exact) mass is 495 g/mol. The number of unbranched alkanes of at least 4 members (excludes halogenated alkanes) is 2. The van der Waals surface area contributed by atoms with Crippen molar-refractivity contribution in [2.24, 2.45) is 0 Å². The largest absolute Gasteiger partial charge is 1.00 e. The number of nitrogens with zero attached hydrogens (tertiary/aromatic N) is 2. The molecule has 184 valence electrons. The third-order valence-corrected chi connectivity index (χ3v) is 4.95. The quantitative estimate of drug-likeness (QED) is 0.122. The number of hydrogen-bond acceptors (Lipinski definition) is 7. The number of carboxylic acid groups (broad SMARTS) is 1. The summed E-state index contributed by atoms with van der Waals surface area (Å²) in [6.07, 6.45) is 3.90. The number of hydrogen-bond donors (Lipinski definition) is 4. The summed E-state index contributed by atoms with van der Waals surface area (Å²) in [6.45, 7) is 2.42. The molecule has 11 nitrogen and oxygen atoms in total. The van der Waals surface area contributed by atoms with E-state index in [4.69, 9.17) is 5.11 Å². The number of nitrogens with one attached hydrogen (secondary N) is 3. The van der Waals surface area contributed by atoms with Crippen LogP contribution in [0, 0.1) is 17.0 Å². The summed E-state index contributed by atoms with van der Waals surface area (Å²) in [6, 6.07) is 8.34. The molecule has 0 spiro atoms. The first-order valence-corrected chi connectivity index (χ1v) is 10.9. The molecular weight excluding hydrogens is 465 g/mol. The number of benzene rings is 1. The van der Waals surface area contributed by atoms with E-state index in [-0.39, 0.29) is 55.5 Å². The van der Waals surface area contributed by atoms with Crippen LogP contribution in [0.3, 0.4) is 0 Å². The Balaban J connectivity index is 0.00000612. The molecule has 0 saturated carbocycles. The van der Waals surface area contributed by atoms with Crippen LogP contribution in [0.15, 0.2) is 42.6 Å². The summed E-state index contributed by atoms with van der Waals surface area (Å²) in [4.78, 5) is 50.0. The molecule has 2 amide bonds. The fourth-order valence-electron chi connectivity index (χ4n) is 3.23. The van der Waals surface area contributed by atoms with Crippen LogP contribution in [-0.4, -0.2) is 45.9 Å². The number of pyridine rings is 1. The molecule has 1 atom stereocenters. The van der Waals surface area contributed by atoms with Gasteiger partial charge in [-0.15, -0.1) is 0 Å². The van der Waals surface area contributed by atoms with Crippen LogP contribution in [0.1, 0.15) is 50.7 Å². The van der Waals surface area contributed by atoms with Gasteiger partial charge in [0.15, 0.2) is 0 Å². The van der Waals surface area contributed by atoms with Gasteiger partial charge in [0, 0.05) is 31.3 Å². The number of nitro groups is 1. The number of amides is 2. The number of non-ortho nitro benzene ring substituents is 1. The van der Waals surface area contributed by atoms with E-state index in [0.29, 0.717) is 12.0 Å². The zero-order valence-corrected chi connectivity index (χ0v) is 22.0. The van der Waals surface area contributed by atoms with Gasteiger partial charge in [-0.3, -0.25) is 24.5 Å². The van der Waals surface area contributed by atoms with Crippen molar-refractivity contribution in [3.05, 3.63) is 63.8 Å². The van der Waals surface area contributed by atoms with E-state index in [0.717, 1.165) is 30.8 Å². The first kappa shape index (κ1) is 30.0. The van der Waals surface area contributed by atoms with Crippen LogP contribution < -0.4 is 45.5 Å². The Labute approximate surface area is 227 Å². The van der Waals surface area contributed by atoms with Crippen molar-refractivity contribution in [1.29, 1.82) is 0 Å². The van der Waals surface area contributed by atoms with E-state index in [1.54, 1.807) is 6.20 Å². The molecule has 0 aliphatic heterocycles. The average Bonchev–Trinajstić information content (AvgIpc) is 2.79. The SMILES string of the molecule is Cc1ccnc(NCCCCCC(=O)NCC(=O)NC(CC(=O)O)c2cccc([N+](=O)[O-])c2)c1.[H-].[Na+]. The number of anilines is 1. The number of rotatable bonds is 14. The molecule has 4 N–H and O–H groups in total. The van der Waals surface area contributed by atoms with Crippen LogP contribution in [0.5, 0.6) is 0 Å². The molecule has 1 heterocycles. The summed E-state index contributed by atoms with van der Waals surface area (Å²) in [5.74, 6) is -1.22. The molecule has 35 heavy (non-hydrogen) atoms. The summed E-state index contributed by atoms with van der Waals surface area (Å²) in [5, 5.41) is 28.4. The zero-order valence-electron chi connectivity index (χ0n) is 21.0. The minimum atomic E-state index is -1.17. The minimum absolute atomic E-state index is 0. The van der Waals surface area contributed by atoms with Crippen molar-refractivity contribution in [3.8, 4) is 0 Å². The Kier molecular flexibility index (Phi) is 13.5. The predicted octanol–water partition coefficient (Wildman–Crippen LogP) is -0.165. The zero-order chi connectivity index (χ0) is 24.9. The molecular formula is C23H30N5NaO6. The summed E-state index contributed by atoms with van der Waals surface area (Å²) in [5.41, 5.74) is 1.21. The van der Waals surface area contributed by atoms with E-state index in [1.807, 2.05) is 19.1 Å². The van der Waals surface area contributed by atoms with Crippen molar-refractivity contribution >= 4 is 29.3 Å². The maximum absolute atomic E-state index is 12.2. The number of nitro benzene ring substituents is 1. The second-order valence-electron chi connectivity index (χ2n) is 7.80. The minimum Gasteiger partial charge on any atom is -1.00 e. The number of carbonyl (C=O) groups is 3. The van der Waals surface area contributed by atoms with Gasteiger partial charge in [-0.2, -0.15) is 0 Å². The Morgan fingerprint density at radius 1 is 1.14 bits per heavy atom. The maximum Gasteiger partial charge on any atom is 1.00 e. The molecule has 1 unspecified atom stereocenters. The van der Waals surface area contributed by atoms with E-state index >= 15 is 0 Å². The van der Waals surface area contributed by atoms with Gasteiger partial charge in [-0.05, 0) is 43.0 Å². The van der Waals surface area contributed by atoms with Gasteiger partial charge in [-0.25, -0.2) is 4.98 Å². The molecule has 0 fully saturated rings. The average molecular weight is 496 g/mol. The molecule has 12 heteroatoms. The number of carbonyl (C=O) groups excluding carboxylic acids is 2. The Morgan fingerprint density at radius 2 is 1.91 bits per heavy atom. The van der Waals surface area contributed by atoms with Gasteiger partial charge in [-0.1, -0.05) is 18.6 Å². The van der Waals surface area contributed by atoms with Crippen LogP contribution in [0.25, 0.3) is 0 Å². The van der Waals surface area contributed by atoms with Gasteiger partial charge in [0.2, 0.25) is 11.8 Å². The topological polar surface area (TPSA) is 164 Å². The Bertz CT molecular complexity index is 1030. The smallest absolute Gasteiger partial charge is 1.00 e. The third kappa shape index (κ3) is 11.8. The van der Waals surface area contributed by atoms with E-state index in [9.17, 15) is 24.5 Å². The van der Waals surface area contributed by atoms with Crippen molar-refractivity contribution in [3.63, 3.8) is 0 Å². The van der Waals surface area contributed by atoms with E-state index in [1.165, 1.54) is 24.3 Å². The Hall–Kier alpha value is -3.02. The number of aryl methyl sites for hydroxylation is 1. The molecule has 1 aromatic heterocycles. The van der Waals surface area contributed by atoms with Gasteiger partial charge in [0.05, 0.1) is 23.9 Å². The van der Waals surface area contributed by atoms with Crippen LogP contribution in [0.2, 0.25) is 0 Å². The first-order chi connectivity index (χ1) is 16.2. The molecule has 0 aliphatic carbocycles. The number of aliphatic carboxylic acids is 1. The van der Waals surface area contributed by atoms with Crippen molar-refractivity contribution in [2.75, 3.05) is 18.4 Å². The van der Waals surface area contributed by atoms with Crippen LogP contribution >= 0.6 is 0 Å². The number of carboxylic acids is 1. The van der Waals surface area contributed by atoms with Crippen molar-refractivity contribution in [2.45, 2.75) is 45.1 Å². The molecule has 0 bridgehead atoms. The molecule has 1 aromatic carbocycles. The fraction of sp³-hybridized carbons (Fsp3) is 0.391. The molecule has 0 aliphatic rings. The summed E-state index contributed by atoms with van der Waals surface area (Å²) in [7, 11) is 0. The fourth-order valence-corrected chi connectivity index (χ4v) is 3.23. The number of aromatic nitrogens is 1. The van der Waals surface area contributed by atoms with Crippen LogP contribution in [-0.2, 0) is 14.4 Å². The van der Waals surface area contributed by atoms with E-state index in [2.05, 4.69) is 20.9 Å². The maximum atomic E-state index is 12.2. The van der Waals surface area contributed by atoms with Crippen LogP contribution in [0.4, 0.5) is 11.5 Å². The molecule has 2 aromatic rings. The summed E-state index contributed by atoms with van der Waals surface area (Å²) >= 11 is 0. The summed E-state index contributed by atoms with van der Waals surface area (Å²) < 4.78 is 0. The second kappa shape index (κ2) is 15.8.